The molecule has 0 bridgehead atoms. The number of allylic oxidation sites excluding steroid dienone is 3. The van der Waals surface area contributed by atoms with Crippen molar-refractivity contribution in [2.45, 2.75) is 33.3 Å². The van der Waals surface area contributed by atoms with Gasteiger partial charge in [0.15, 0.2) is 0 Å². The van der Waals surface area contributed by atoms with Crippen LogP contribution in [0, 0.1) is 0 Å². The van der Waals surface area contributed by atoms with Crippen LogP contribution in [0.1, 0.15) is 27.7 Å². The molecule has 0 heterocycles. The Morgan fingerprint density at radius 3 is 2.00 bits per heavy atom. The van der Waals surface area contributed by atoms with E-state index in [4.69, 9.17) is 5.11 Å². The van der Waals surface area contributed by atoms with Gasteiger partial charge in [0.2, 0.25) is 0 Å². The SMILES string of the molecule is CC(O)=CC(C)=CC(C)(C)O. The third-order valence-electron chi connectivity index (χ3n) is 1.02. The van der Waals surface area contributed by atoms with Crippen LogP contribution in [0.15, 0.2) is 23.5 Å². The minimum atomic E-state index is -0.809. The van der Waals surface area contributed by atoms with Crippen molar-refractivity contribution in [3.05, 3.63) is 23.5 Å². The van der Waals surface area contributed by atoms with Gasteiger partial charge in [-0.2, -0.15) is 0 Å². The van der Waals surface area contributed by atoms with Crippen LogP contribution < -0.4 is 0 Å². The zero-order valence-electron chi connectivity index (χ0n) is 7.55. The highest BCUT2D eigenvalue weighted by Gasteiger charge is 2.06. The van der Waals surface area contributed by atoms with E-state index in [-0.39, 0.29) is 5.76 Å². The van der Waals surface area contributed by atoms with Crippen molar-refractivity contribution in [3.63, 3.8) is 0 Å². The number of hydrogen-bond acceptors (Lipinski definition) is 2. The molecule has 0 aliphatic rings. The summed E-state index contributed by atoms with van der Waals surface area (Å²) >= 11 is 0. The lowest BCUT2D eigenvalue weighted by atomic mass is 10.1. The summed E-state index contributed by atoms with van der Waals surface area (Å²) in [5, 5.41) is 18.2. The summed E-state index contributed by atoms with van der Waals surface area (Å²) in [5.74, 6) is 0.253. The van der Waals surface area contributed by atoms with Crippen molar-refractivity contribution in [1.29, 1.82) is 0 Å². The van der Waals surface area contributed by atoms with Gasteiger partial charge in [-0.1, -0.05) is 6.08 Å². The van der Waals surface area contributed by atoms with Gasteiger partial charge in [0.1, 0.15) is 0 Å². The molecule has 0 aromatic heterocycles. The van der Waals surface area contributed by atoms with Crippen molar-refractivity contribution >= 4 is 0 Å². The first-order valence-corrected chi connectivity index (χ1v) is 3.60. The molecule has 2 N–H and O–H groups in total. The summed E-state index contributed by atoms with van der Waals surface area (Å²) in [7, 11) is 0. The van der Waals surface area contributed by atoms with E-state index < -0.39 is 5.60 Å². The zero-order valence-corrected chi connectivity index (χ0v) is 7.55. The third-order valence-corrected chi connectivity index (χ3v) is 1.02. The topological polar surface area (TPSA) is 40.5 Å². The summed E-state index contributed by atoms with van der Waals surface area (Å²) in [5.41, 5.74) is 0.0493. The van der Waals surface area contributed by atoms with Crippen LogP contribution in [0.5, 0.6) is 0 Å². The molecule has 0 rings (SSSR count). The number of rotatable bonds is 2. The number of aliphatic hydroxyl groups is 2. The molecule has 0 fully saturated rings. The summed E-state index contributed by atoms with van der Waals surface area (Å²) < 4.78 is 0. The van der Waals surface area contributed by atoms with Crippen molar-refractivity contribution in [2.75, 3.05) is 0 Å². The highest BCUT2D eigenvalue weighted by molar-refractivity contribution is 5.20. The third kappa shape index (κ3) is 7.13. The van der Waals surface area contributed by atoms with Gasteiger partial charge < -0.3 is 10.2 Å². The Bertz CT molecular complexity index is 178. The minimum Gasteiger partial charge on any atom is -0.513 e. The molecule has 0 aliphatic carbocycles. The Balaban J connectivity index is 4.36. The molecular formula is C9H16O2. The Hall–Kier alpha value is -0.760. The van der Waals surface area contributed by atoms with Crippen molar-refractivity contribution in [2.24, 2.45) is 0 Å². The van der Waals surface area contributed by atoms with Gasteiger partial charge in [-0.3, -0.25) is 0 Å². The molecule has 0 radical (unpaired) electrons. The van der Waals surface area contributed by atoms with Gasteiger partial charge in [0.05, 0.1) is 11.4 Å². The quantitative estimate of drug-likeness (QED) is 0.475. The molecule has 0 spiro atoms. The molecule has 2 nitrogen and oxygen atoms in total. The number of hydrogen-bond donors (Lipinski definition) is 2. The van der Waals surface area contributed by atoms with Crippen molar-refractivity contribution in [1.82, 2.24) is 0 Å². The minimum absolute atomic E-state index is 0.253. The average molecular weight is 156 g/mol. The van der Waals surface area contributed by atoms with E-state index in [0.717, 1.165) is 5.57 Å². The lowest BCUT2D eigenvalue weighted by Crippen LogP contribution is -2.14. The van der Waals surface area contributed by atoms with Crippen LogP contribution in [0.3, 0.4) is 0 Å². The molecule has 64 valence electrons. The maximum Gasteiger partial charge on any atom is 0.0894 e. The van der Waals surface area contributed by atoms with Crippen LogP contribution in [-0.4, -0.2) is 15.8 Å². The predicted octanol–water partition coefficient (Wildman–Crippen LogP) is 2.17. The summed E-state index contributed by atoms with van der Waals surface area (Å²) in [4.78, 5) is 0. The Labute approximate surface area is 67.9 Å². The van der Waals surface area contributed by atoms with Crippen LogP contribution >= 0.6 is 0 Å². The lowest BCUT2D eigenvalue weighted by molar-refractivity contribution is 0.132. The molecule has 0 saturated heterocycles. The highest BCUT2D eigenvalue weighted by atomic mass is 16.3. The standard InChI is InChI=1S/C9H16O2/c1-7(5-8(2)10)6-9(3,4)11/h5-6,10-11H,1-4H3. The predicted molar refractivity (Wildman–Crippen MR) is 46.4 cm³/mol. The van der Waals surface area contributed by atoms with Gasteiger partial charge in [-0.05, 0) is 39.3 Å². The maximum absolute atomic E-state index is 9.31. The summed E-state index contributed by atoms with van der Waals surface area (Å²) in [6, 6.07) is 0. The van der Waals surface area contributed by atoms with Crippen molar-refractivity contribution in [3.8, 4) is 0 Å². The molecule has 0 atom stereocenters. The highest BCUT2D eigenvalue weighted by Crippen LogP contribution is 2.08. The van der Waals surface area contributed by atoms with E-state index in [2.05, 4.69) is 0 Å². The van der Waals surface area contributed by atoms with E-state index >= 15 is 0 Å². The molecule has 0 aliphatic heterocycles. The first-order valence-electron chi connectivity index (χ1n) is 3.60. The molecule has 0 aromatic carbocycles. The summed E-state index contributed by atoms with van der Waals surface area (Å²) in [6.45, 7) is 6.81. The maximum atomic E-state index is 9.31. The molecular weight excluding hydrogens is 140 g/mol. The second-order valence-corrected chi connectivity index (χ2v) is 3.33. The largest absolute Gasteiger partial charge is 0.513 e. The van der Waals surface area contributed by atoms with Crippen LogP contribution in [-0.2, 0) is 0 Å². The molecule has 0 unspecified atom stereocenters. The molecule has 11 heavy (non-hydrogen) atoms. The van der Waals surface area contributed by atoms with E-state index in [1.807, 2.05) is 6.92 Å². The second-order valence-electron chi connectivity index (χ2n) is 3.33. The fraction of sp³-hybridized carbons (Fsp3) is 0.556. The number of aliphatic hydroxyl groups excluding tert-OH is 1. The Morgan fingerprint density at radius 2 is 1.73 bits per heavy atom. The van der Waals surface area contributed by atoms with Gasteiger partial charge in [-0.25, -0.2) is 0 Å². The normalized spacial score (nSPS) is 15.4. The molecule has 0 saturated carbocycles. The fourth-order valence-corrected chi connectivity index (χ4v) is 0.928. The van der Waals surface area contributed by atoms with Gasteiger partial charge in [0, 0.05) is 0 Å². The van der Waals surface area contributed by atoms with Gasteiger partial charge in [-0.15, -0.1) is 0 Å². The fourth-order valence-electron chi connectivity index (χ4n) is 0.928. The first-order chi connectivity index (χ1) is 4.81. The van der Waals surface area contributed by atoms with Crippen LogP contribution in [0.25, 0.3) is 0 Å². The Kier molecular flexibility index (Phi) is 3.33. The van der Waals surface area contributed by atoms with Crippen molar-refractivity contribution < 1.29 is 10.2 Å². The van der Waals surface area contributed by atoms with Crippen LogP contribution in [0.2, 0.25) is 0 Å². The van der Waals surface area contributed by atoms with E-state index in [1.54, 1.807) is 32.9 Å². The second kappa shape index (κ2) is 3.58. The smallest absolute Gasteiger partial charge is 0.0894 e. The monoisotopic (exact) mass is 156 g/mol. The zero-order chi connectivity index (χ0) is 9.07. The van der Waals surface area contributed by atoms with E-state index in [1.165, 1.54) is 0 Å². The Morgan fingerprint density at radius 1 is 1.27 bits per heavy atom. The first kappa shape index (κ1) is 10.2. The average Bonchev–Trinajstić information content (AvgIpc) is 1.53. The van der Waals surface area contributed by atoms with Crippen LogP contribution in [0.4, 0.5) is 0 Å². The van der Waals surface area contributed by atoms with Gasteiger partial charge >= 0.3 is 0 Å². The molecule has 2 heteroatoms. The molecule has 0 aromatic rings. The van der Waals surface area contributed by atoms with E-state index in [9.17, 15) is 5.11 Å². The molecule has 0 amide bonds. The van der Waals surface area contributed by atoms with E-state index in [0.29, 0.717) is 0 Å². The lowest BCUT2D eigenvalue weighted by Gasteiger charge is -2.11. The summed E-state index contributed by atoms with van der Waals surface area (Å²) in [6.07, 6.45) is 3.30. The van der Waals surface area contributed by atoms with Gasteiger partial charge in [0.25, 0.3) is 0 Å².